The van der Waals surface area contributed by atoms with Gasteiger partial charge in [0.15, 0.2) is 5.78 Å². The molecule has 0 radical (unpaired) electrons. The molecule has 0 aliphatic carbocycles. The minimum Gasteiger partial charge on any atom is -0.506 e. The van der Waals surface area contributed by atoms with Crippen molar-refractivity contribution in [1.82, 2.24) is 0 Å². The van der Waals surface area contributed by atoms with E-state index < -0.39 is 0 Å². The molecule has 0 amide bonds. The third kappa shape index (κ3) is 5.32. The van der Waals surface area contributed by atoms with Crippen molar-refractivity contribution in [3.63, 3.8) is 0 Å². The van der Waals surface area contributed by atoms with Crippen LogP contribution in [-0.2, 0) is 0 Å². The molecular weight excluding hydrogens is 461 g/mol. The summed E-state index contributed by atoms with van der Waals surface area (Å²) in [6.07, 6.45) is 4.74. The number of aromatic hydroxyl groups is 1. The van der Waals surface area contributed by atoms with Crippen molar-refractivity contribution in [3.05, 3.63) is 97.9 Å². The van der Waals surface area contributed by atoms with Crippen molar-refractivity contribution in [1.29, 1.82) is 0 Å². The number of aliphatic imine (C=N–C) groups is 1. The van der Waals surface area contributed by atoms with Crippen molar-refractivity contribution < 1.29 is 9.90 Å². The zero-order valence-electron chi connectivity index (χ0n) is 14.4. The molecule has 0 spiro atoms. The summed E-state index contributed by atoms with van der Waals surface area (Å²) in [7, 11) is 0. The van der Waals surface area contributed by atoms with Gasteiger partial charge in [-0.25, -0.2) is 0 Å². The smallest absolute Gasteiger partial charge is 0.185 e. The van der Waals surface area contributed by atoms with Crippen LogP contribution in [0.1, 0.15) is 21.5 Å². The van der Waals surface area contributed by atoms with Gasteiger partial charge < -0.3 is 5.11 Å². The Morgan fingerprint density at radius 3 is 2.54 bits per heavy atom. The van der Waals surface area contributed by atoms with E-state index in [1.807, 2.05) is 24.3 Å². The van der Waals surface area contributed by atoms with E-state index in [-0.39, 0.29) is 16.6 Å². The molecule has 0 aromatic heterocycles. The van der Waals surface area contributed by atoms with Gasteiger partial charge in [-0.3, -0.25) is 9.79 Å². The first-order valence-electron chi connectivity index (χ1n) is 8.22. The molecule has 0 fully saturated rings. The summed E-state index contributed by atoms with van der Waals surface area (Å²) in [6, 6.07) is 17.6. The quantitative estimate of drug-likeness (QED) is 0.243. The summed E-state index contributed by atoms with van der Waals surface area (Å²) in [5.41, 5.74) is 2.40. The number of carbonyl (C=O) groups excluding carboxylic acids is 1. The van der Waals surface area contributed by atoms with Gasteiger partial charge in [0.25, 0.3) is 0 Å². The molecule has 0 unspecified atom stereocenters. The third-order valence-electron chi connectivity index (χ3n) is 3.84. The average Bonchev–Trinajstić information content (AvgIpc) is 2.69. The lowest BCUT2D eigenvalue weighted by Crippen LogP contribution is -1.93. The maximum absolute atomic E-state index is 12.4. The van der Waals surface area contributed by atoms with Crippen LogP contribution >= 0.6 is 39.1 Å². The Labute approximate surface area is 181 Å². The number of carbonyl (C=O) groups is 1. The predicted molar refractivity (Wildman–Crippen MR) is 119 cm³/mol. The molecule has 140 valence electrons. The molecule has 1 N–H and O–H groups in total. The van der Waals surface area contributed by atoms with E-state index in [4.69, 9.17) is 23.2 Å². The second-order valence-corrected chi connectivity index (χ2v) is 7.64. The lowest BCUT2D eigenvalue weighted by atomic mass is 10.1. The van der Waals surface area contributed by atoms with E-state index in [0.717, 1.165) is 10.0 Å². The van der Waals surface area contributed by atoms with Gasteiger partial charge in [0, 0.05) is 26.8 Å². The van der Waals surface area contributed by atoms with E-state index in [1.54, 1.807) is 36.4 Å². The van der Waals surface area contributed by atoms with E-state index in [2.05, 4.69) is 20.9 Å². The topological polar surface area (TPSA) is 49.7 Å². The molecule has 0 atom stereocenters. The van der Waals surface area contributed by atoms with Crippen LogP contribution in [0.3, 0.4) is 0 Å². The lowest BCUT2D eigenvalue weighted by molar-refractivity contribution is 0.104. The minimum atomic E-state index is -0.131. The van der Waals surface area contributed by atoms with Crippen LogP contribution in [0.2, 0.25) is 10.0 Å². The number of hydrogen-bond acceptors (Lipinski definition) is 3. The normalized spacial score (nSPS) is 11.4. The van der Waals surface area contributed by atoms with Crippen LogP contribution in [-0.4, -0.2) is 17.1 Å². The van der Waals surface area contributed by atoms with Crippen LogP contribution in [0.4, 0.5) is 5.69 Å². The van der Waals surface area contributed by atoms with E-state index in [9.17, 15) is 9.90 Å². The van der Waals surface area contributed by atoms with Gasteiger partial charge >= 0.3 is 0 Å². The summed E-state index contributed by atoms with van der Waals surface area (Å²) in [5, 5.41) is 10.5. The maximum Gasteiger partial charge on any atom is 0.185 e. The van der Waals surface area contributed by atoms with Crippen molar-refractivity contribution in [2.75, 3.05) is 0 Å². The number of ketones is 1. The Hall–Kier alpha value is -2.40. The first-order valence-corrected chi connectivity index (χ1v) is 9.77. The summed E-state index contributed by atoms with van der Waals surface area (Å²) in [4.78, 5) is 16.7. The molecule has 6 heteroatoms. The van der Waals surface area contributed by atoms with Crippen LogP contribution < -0.4 is 0 Å². The molecule has 28 heavy (non-hydrogen) atoms. The summed E-state index contributed by atoms with van der Waals surface area (Å²) >= 11 is 15.2. The van der Waals surface area contributed by atoms with Crippen LogP contribution in [0.5, 0.6) is 5.75 Å². The highest BCUT2D eigenvalue weighted by molar-refractivity contribution is 9.10. The number of halogens is 3. The van der Waals surface area contributed by atoms with Gasteiger partial charge in [-0.15, -0.1) is 0 Å². The van der Waals surface area contributed by atoms with Crippen molar-refractivity contribution >= 4 is 62.9 Å². The highest BCUT2D eigenvalue weighted by atomic mass is 79.9. The Morgan fingerprint density at radius 1 is 1.04 bits per heavy atom. The predicted octanol–water partition coefficient (Wildman–Crippen LogP) is 7.11. The fraction of sp³-hybridized carbons (Fsp3) is 0. The zero-order valence-corrected chi connectivity index (χ0v) is 17.5. The number of allylic oxidation sites excluding steroid dienone is 1. The number of hydrogen-bond donors (Lipinski definition) is 1. The van der Waals surface area contributed by atoms with E-state index in [1.165, 1.54) is 18.4 Å². The monoisotopic (exact) mass is 473 g/mol. The lowest BCUT2D eigenvalue weighted by Gasteiger charge is -2.03. The van der Waals surface area contributed by atoms with Crippen LogP contribution in [0.25, 0.3) is 6.08 Å². The molecule has 0 bridgehead atoms. The Kier molecular flexibility index (Phi) is 6.68. The summed E-state index contributed by atoms with van der Waals surface area (Å²) in [6.45, 7) is 0. The maximum atomic E-state index is 12.4. The third-order valence-corrected chi connectivity index (χ3v) is 4.87. The molecule has 0 aliphatic heterocycles. The molecule has 3 aromatic carbocycles. The Bertz CT molecular complexity index is 1080. The molecule has 0 saturated heterocycles. The second-order valence-electron chi connectivity index (χ2n) is 5.88. The van der Waals surface area contributed by atoms with Gasteiger partial charge in [0.2, 0.25) is 0 Å². The standard InChI is InChI=1S/C22H14BrCl2NO2/c23-17-7-4-14(5-8-17)6-9-21(27)15-2-1-3-19(11-15)26-13-16-10-18(24)12-20(25)22(16)28/h1-13,28H. The fourth-order valence-electron chi connectivity index (χ4n) is 2.41. The molecule has 0 saturated carbocycles. The Balaban J connectivity index is 1.78. The highest BCUT2D eigenvalue weighted by Gasteiger charge is 2.06. The van der Waals surface area contributed by atoms with E-state index >= 15 is 0 Å². The number of phenols is 1. The second kappa shape index (κ2) is 9.20. The number of rotatable bonds is 5. The average molecular weight is 475 g/mol. The Morgan fingerprint density at radius 2 is 1.79 bits per heavy atom. The first-order chi connectivity index (χ1) is 13.4. The molecular formula is C22H14BrCl2NO2. The molecule has 0 aliphatic rings. The van der Waals surface area contributed by atoms with Gasteiger partial charge in [-0.05, 0) is 48.0 Å². The largest absolute Gasteiger partial charge is 0.506 e. The number of benzene rings is 3. The molecule has 3 aromatic rings. The summed E-state index contributed by atoms with van der Waals surface area (Å²) in [5.74, 6) is -0.229. The number of phenolic OH excluding ortho intramolecular Hbond substituents is 1. The van der Waals surface area contributed by atoms with Crippen LogP contribution in [0.15, 0.2) is 76.2 Å². The summed E-state index contributed by atoms with van der Waals surface area (Å²) < 4.78 is 0.980. The zero-order chi connectivity index (χ0) is 20.1. The van der Waals surface area contributed by atoms with Gasteiger partial charge in [-0.1, -0.05) is 69.5 Å². The highest BCUT2D eigenvalue weighted by Crippen LogP contribution is 2.30. The van der Waals surface area contributed by atoms with Crippen molar-refractivity contribution in [3.8, 4) is 5.75 Å². The molecule has 0 heterocycles. The molecule has 3 nitrogen and oxygen atoms in total. The van der Waals surface area contributed by atoms with Gasteiger partial charge in [-0.2, -0.15) is 0 Å². The van der Waals surface area contributed by atoms with Crippen molar-refractivity contribution in [2.45, 2.75) is 0 Å². The SMILES string of the molecule is O=C(C=Cc1ccc(Br)cc1)c1cccc(N=Cc2cc(Cl)cc(Cl)c2O)c1. The van der Waals surface area contributed by atoms with E-state index in [0.29, 0.717) is 21.8 Å². The van der Waals surface area contributed by atoms with Crippen molar-refractivity contribution in [2.24, 2.45) is 4.99 Å². The first kappa shape index (κ1) is 20.3. The van der Waals surface area contributed by atoms with Gasteiger partial charge in [0.1, 0.15) is 5.75 Å². The van der Waals surface area contributed by atoms with Crippen LogP contribution in [0, 0.1) is 0 Å². The number of nitrogens with zero attached hydrogens (tertiary/aromatic N) is 1. The van der Waals surface area contributed by atoms with Gasteiger partial charge in [0.05, 0.1) is 10.7 Å². The minimum absolute atomic E-state index is 0.0977. The fourth-order valence-corrected chi connectivity index (χ4v) is 3.18. The molecule has 3 rings (SSSR count).